The van der Waals surface area contributed by atoms with Crippen LogP contribution in [0.5, 0.6) is 0 Å². The number of hydrogen-bond acceptors (Lipinski definition) is 1. The summed E-state index contributed by atoms with van der Waals surface area (Å²) >= 11 is 0. The van der Waals surface area contributed by atoms with E-state index in [0.29, 0.717) is 6.42 Å². The Morgan fingerprint density at radius 2 is 2.22 bits per heavy atom. The zero-order valence-electron chi connectivity index (χ0n) is 5.65. The van der Waals surface area contributed by atoms with Crippen LogP contribution in [0.1, 0.15) is 26.7 Å². The van der Waals surface area contributed by atoms with E-state index in [1.807, 2.05) is 0 Å². The highest BCUT2D eigenvalue weighted by Crippen LogP contribution is 2.16. The predicted octanol–water partition coefficient (Wildman–Crippen LogP) is 1.60. The molecule has 0 aliphatic rings. The summed E-state index contributed by atoms with van der Waals surface area (Å²) < 4.78 is 12.6. The molecule has 0 unspecified atom stereocenters. The molecule has 0 aromatic heterocycles. The van der Waals surface area contributed by atoms with Crippen LogP contribution in [0.3, 0.4) is 0 Å². The van der Waals surface area contributed by atoms with Crippen molar-refractivity contribution in [1.82, 2.24) is 0 Å². The summed E-state index contributed by atoms with van der Waals surface area (Å²) in [4.78, 5) is 10.0. The smallest absolute Gasteiger partial charge is 0.341 e. The van der Waals surface area contributed by atoms with Crippen LogP contribution in [0.2, 0.25) is 0 Å². The fourth-order valence-electron chi connectivity index (χ4n) is 0.576. The van der Waals surface area contributed by atoms with Crippen molar-refractivity contribution in [2.45, 2.75) is 32.4 Å². The minimum absolute atomic E-state index is 0.0856. The maximum atomic E-state index is 12.6. The lowest BCUT2D eigenvalue weighted by molar-refractivity contribution is -0.150. The van der Waals surface area contributed by atoms with Crippen molar-refractivity contribution in [3.63, 3.8) is 0 Å². The number of carbonyl (C=O) groups is 1. The Hall–Kier alpha value is -0.600. The van der Waals surface area contributed by atoms with Gasteiger partial charge >= 0.3 is 5.97 Å². The van der Waals surface area contributed by atoms with Crippen LogP contribution in [-0.4, -0.2) is 16.7 Å². The molecule has 0 fully saturated rings. The number of halogens is 1. The molecular formula is C6H11FO2. The van der Waals surface area contributed by atoms with Gasteiger partial charge in [-0.25, -0.2) is 9.18 Å². The SMILES string of the molecule is CCC[C@](C)(F)C(=O)O. The number of hydrogen-bond donors (Lipinski definition) is 1. The average molecular weight is 134 g/mol. The molecule has 0 aliphatic carbocycles. The maximum Gasteiger partial charge on any atom is 0.341 e. The molecule has 0 saturated carbocycles. The van der Waals surface area contributed by atoms with Crippen LogP contribution in [0, 0.1) is 0 Å². The van der Waals surface area contributed by atoms with Crippen molar-refractivity contribution in [3.8, 4) is 0 Å². The van der Waals surface area contributed by atoms with Crippen molar-refractivity contribution in [3.05, 3.63) is 0 Å². The number of aliphatic carboxylic acids is 1. The summed E-state index contributed by atoms with van der Waals surface area (Å²) in [6.07, 6.45) is 0.641. The molecule has 0 aromatic rings. The molecule has 1 N–H and O–H groups in total. The van der Waals surface area contributed by atoms with Gasteiger partial charge in [-0.2, -0.15) is 0 Å². The molecule has 0 bridgehead atoms. The van der Waals surface area contributed by atoms with E-state index in [1.54, 1.807) is 6.92 Å². The zero-order valence-corrected chi connectivity index (χ0v) is 5.65. The van der Waals surface area contributed by atoms with Crippen LogP contribution >= 0.6 is 0 Å². The third-order valence-corrected chi connectivity index (χ3v) is 1.17. The van der Waals surface area contributed by atoms with Crippen molar-refractivity contribution < 1.29 is 14.3 Å². The first-order chi connectivity index (χ1) is 4.00. The molecular weight excluding hydrogens is 123 g/mol. The van der Waals surface area contributed by atoms with Gasteiger partial charge in [0, 0.05) is 0 Å². The van der Waals surface area contributed by atoms with Gasteiger partial charge in [0.05, 0.1) is 0 Å². The zero-order chi connectivity index (χ0) is 7.49. The van der Waals surface area contributed by atoms with E-state index in [-0.39, 0.29) is 6.42 Å². The van der Waals surface area contributed by atoms with Gasteiger partial charge in [0.2, 0.25) is 5.67 Å². The molecule has 9 heavy (non-hydrogen) atoms. The summed E-state index contributed by atoms with van der Waals surface area (Å²) in [5.74, 6) is -1.37. The average Bonchev–Trinajstić information content (AvgIpc) is 1.65. The summed E-state index contributed by atoms with van der Waals surface area (Å²) in [6.45, 7) is 2.83. The fraction of sp³-hybridized carbons (Fsp3) is 0.833. The standard InChI is InChI=1S/C6H11FO2/c1-3-4-6(2,7)5(8)9/h3-4H2,1-2H3,(H,8,9)/t6-/m0/s1. The minimum atomic E-state index is -2.03. The minimum Gasteiger partial charge on any atom is -0.479 e. The largest absolute Gasteiger partial charge is 0.479 e. The number of alkyl halides is 1. The summed E-state index contributed by atoms with van der Waals surface area (Å²) in [7, 11) is 0. The summed E-state index contributed by atoms with van der Waals surface area (Å²) in [5, 5.41) is 8.20. The lowest BCUT2D eigenvalue weighted by atomic mass is 10.0. The number of carboxylic acid groups (broad SMARTS) is 1. The lowest BCUT2D eigenvalue weighted by Gasteiger charge is -2.11. The van der Waals surface area contributed by atoms with Crippen LogP contribution in [-0.2, 0) is 4.79 Å². The predicted molar refractivity (Wildman–Crippen MR) is 32.1 cm³/mol. The van der Waals surface area contributed by atoms with Gasteiger partial charge in [0.15, 0.2) is 0 Å². The Morgan fingerprint density at radius 1 is 1.78 bits per heavy atom. The lowest BCUT2D eigenvalue weighted by Crippen LogP contribution is -2.29. The van der Waals surface area contributed by atoms with Crippen LogP contribution in [0.4, 0.5) is 4.39 Å². The molecule has 0 heterocycles. The first-order valence-corrected chi connectivity index (χ1v) is 2.93. The van der Waals surface area contributed by atoms with E-state index in [9.17, 15) is 9.18 Å². The Morgan fingerprint density at radius 3 is 2.33 bits per heavy atom. The second kappa shape index (κ2) is 2.80. The first-order valence-electron chi connectivity index (χ1n) is 2.93. The molecule has 0 rings (SSSR count). The van der Waals surface area contributed by atoms with Crippen molar-refractivity contribution >= 4 is 5.97 Å². The Labute approximate surface area is 53.7 Å². The topological polar surface area (TPSA) is 37.3 Å². The maximum absolute atomic E-state index is 12.6. The van der Waals surface area contributed by atoms with Crippen molar-refractivity contribution in [2.75, 3.05) is 0 Å². The second-order valence-electron chi connectivity index (χ2n) is 2.25. The third kappa shape index (κ3) is 2.44. The van der Waals surface area contributed by atoms with E-state index >= 15 is 0 Å². The molecule has 0 radical (unpaired) electrons. The summed E-state index contributed by atoms with van der Waals surface area (Å²) in [5.41, 5.74) is -2.03. The van der Waals surface area contributed by atoms with Gasteiger partial charge < -0.3 is 5.11 Å². The highest BCUT2D eigenvalue weighted by atomic mass is 19.1. The van der Waals surface area contributed by atoms with E-state index in [2.05, 4.69) is 0 Å². The molecule has 0 aromatic carbocycles. The molecule has 0 amide bonds. The van der Waals surface area contributed by atoms with E-state index in [4.69, 9.17) is 5.11 Å². The normalized spacial score (nSPS) is 16.8. The van der Waals surface area contributed by atoms with Crippen molar-refractivity contribution in [1.29, 1.82) is 0 Å². The molecule has 0 aliphatic heterocycles. The Kier molecular flexibility index (Phi) is 2.62. The molecule has 1 atom stereocenters. The highest BCUT2D eigenvalue weighted by Gasteiger charge is 2.30. The Bertz CT molecular complexity index is 110. The van der Waals surface area contributed by atoms with Gasteiger partial charge in [-0.05, 0) is 13.3 Å². The Balaban J connectivity index is 3.85. The third-order valence-electron chi connectivity index (χ3n) is 1.17. The van der Waals surface area contributed by atoms with Crippen molar-refractivity contribution in [2.24, 2.45) is 0 Å². The van der Waals surface area contributed by atoms with Gasteiger partial charge in [0.1, 0.15) is 0 Å². The number of rotatable bonds is 3. The van der Waals surface area contributed by atoms with Gasteiger partial charge in [-0.3, -0.25) is 0 Å². The molecule has 0 spiro atoms. The quantitative estimate of drug-likeness (QED) is 0.636. The number of carboxylic acids is 1. The van der Waals surface area contributed by atoms with Crippen LogP contribution < -0.4 is 0 Å². The second-order valence-corrected chi connectivity index (χ2v) is 2.25. The molecule has 54 valence electrons. The first kappa shape index (κ1) is 8.40. The van der Waals surface area contributed by atoms with E-state index < -0.39 is 11.6 Å². The molecule has 0 saturated heterocycles. The van der Waals surface area contributed by atoms with Crippen LogP contribution in [0.15, 0.2) is 0 Å². The van der Waals surface area contributed by atoms with E-state index in [1.165, 1.54) is 0 Å². The molecule has 2 nitrogen and oxygen atoms in total. The molecule has 3 heteroatoms. The van der Waals surface area contributed by atoms with Gasteiger partial charge in [-0.1, -0.05) is 13.3 Å². The monoisotopic (exact) mass is 134 g/mol. The van der Waals surface area contributed by atoms with Crippen LogP contribution in [0.25, 0.3) is 0 Å². The fourth-order valence-corrected chi connectivity index (χ4v) is 0.576. The van der Waals surface area contributed by atoms with E-state index in [0.717, 1.165) is 6.92 Å². The van der Waals surface area contributed by atoms with Gasteiger partial charge in [0.25, 0.3) is 0 Å². The summed E-state index contributed by atoms with van der Waals surface area (Å²) in [6, 6.07) is 0. The van der Waals surface area contributed by atoms with Gasteiger partial charge in [-0.15, -0.1) is 0 Å². The highest BCUT2D eigenvalue weighted by molar-refractivity contribution is 5.76.